The van der Waals surface area contributed by atoms with Gasteiger partial charge < -0.3 is 29.5 Å². The maximum atomic E-state index is 13.3. The van der Waals surface area contributed by atoms with E-state index in [4.69, 9.17) is 14.2 Å². The number of hydrogen-bond acceptors (Lipinski definition) is 8. The van der Waals surface area contributed by atoms with Crippen LogP contribution in [0, 0.1) is 0 Å². The normalized spacial score (nSPS) is 28.3. The van der Waals surface area contributed by atoms with E-state index < -0.39 is 42.8 Å². The number of ketones is 2. The van der Waals surface area contributed by atoms with E-state index in [0.29, 0.717) is 23.3 Å². The molecule has 0 bridgehead atoms. The van der Waals surface area contributed by atoms with Crippen molar-refractivity contribution in [3.8, 4) is 5.75 Å². The Hall–Kier alpha value is -2.52. The second kappa shape index (κ2) is 7.96. The number of fused-ring (bicyclic) bond motifs is 2. The van der Waals surface area contributed by atoms with E-state index in [0.717, 1.165) is 12.5 Å². The predicted octanol–water partition coefficient (Wildman–Crippen LogP) is 2.02. The quantitative estimate of drug-likeness (QED) is 0.681. The smallest absolute Gasteiger partial charge is 0.198 e. The molecule has 8 heteroatoms. The summed E-state index contributed by atoms with van der Waals surface area (Å²) in [6, 6.07) is 1.61. The molecular weight excluding hydrogens is 392 g/mol. The zero-order valence-corrected chi connectivity index (χ0v) is 16.8. The molecule has 1 aliphatic carbocycles. The van der Waals surface area contributed by atoms with Crippen molar-refractivity contribution in [1.29, 1.82) is 0 Å². The molecule has 1 aromatic rings. The Morgan fingerprint density at radius 3 is 2.70 bits per heavy atom. The molecule has 1 aromatic carbocycles. The van der Waals surface area contributed by atoms with Gasteiger partial charge in [0, 0.05) is 11.1 Å². The molecule has 0 unspecified atom stereocenters. The number of benzene rings is 1. The molecule has 30 heavy (non-hydrogen) atoms. The van der Waals surface area contributed by atoms with E-state index in [2.05, 4.69) is 0 Å². The van der Waals surface area contributed by atoms with Gasteiger partial charge in [-0.3, -0.25) is 9.59 Å². The summed E-state index contributed by atoms with van der Waals surface area (Å²) in [4.78, 5) is 26.1. The van der Waals surface area contributed by atoms with Crippen molar-refractivity contribution < 1.29 is 39.1 Å². The van der Waals surface area contributed by atoms with Crippen LogP contribution in [0.2, 0.25) is 0 Å². The Bertz CT molecular complexity index is 960. The van der Waals surface area contributed by atoms with Crippen LogP contribution < -0.4 is 0 Å². The molecule has 3 N–H and O–H groups in total. The highest BCUT2D eigenvalue weighted by molar-refractivity contribution is 6.26. The van der Waals surface area contributed by atoms with Crippen LogP contribution in [0.1, 0.15) is 64.6 Å². The molecule has 0 amide bonds. The maximum absolute atomic E-state index is 13.3. The highest BCUT2D eigenvalue weighted by Gasteiger charge is 2.40. The zero-order chi connectivity index (χ0) is 21.6. The number of carbonyl (C=O) groups excluding carboxylic acids is 2. The summed E-state index contributed by atoms with van der Waals surface area (Å²) in [5, 5.41) is 30.2. The second-order valence-electron chi connectivity index (χ2n) is 7.68. The largest absolute Gasteiger partial charge is 0.507 e. The molecule has 0 saturated carbocycles. The van der Waals surface area contributed by atoms with Crippen LogP contribution in [-0.2, 0) is 14.2 Å². The lowest BCUT2D eigenvalue weighted by Crippen LogP contribution is -2.47. The first-order chi connectivity index (χ1) is 14.3. The number of ether oxygens (including phenoxy) is 3. The Morgan fingerprint density at radius 2 is 2.00 bits per heavy atom. The molecule has 0 aromatic heterocycles. The third kappa shape index (κ3) is 3.35. The van der Waals surface area contributed by atoms with Crippen molar-refractivity contribution in [3.05, 3.63) is 45.7 Å². The van der Waals surface area contributed by atoms with Gasteiger partial charge in [-0.15, -0.1) is 0 Å². The fraction of sp³-hybridized carbons (Fsp3) is 0.455. The van der Waals surface area contributed by atoms with Gasteiger partial charge in [0.25, 0.3) is 0 Å². The van der Waals surface area contributed by atoms with Crippen molar-refractivity contribution in [3.63, 3.8) is 0 Å². The molecule has 3 aliphatic rings. The van der Waals surface area contributed by atoms with Gasteiger partial charge in [0.1, 0.15) is 24.1 Å². The number of hydrogen-bond donors (Lipinski definition) is 3. The lowest BCUT2D eigenvalue weighted by molar-refractivity contribution is -0.241. The number of aromatic hydroxyl groups is 1. The van der Waals surface area contributed by atoms with Gasteiger partial charge in [0.05, 0.1) is 30.1 Å². The summed E-state index contributed by atoms with van der Waals surface area (Å²) in [7, 11) is 0. The summed E-state index contributed by atoms with van der Waals surface area (Å²) in [6.07, 6.45) is 0.675. The second-order valence-corrected chi connectivity index (χ2v) is 7.68. The number of Topliss-reactive ketones (excluding diaryl/α,β-unsaturated/α-hetero) is 1. The summed E-state index contributed by atoms with van der Waals surface area (Å²) < 4.78 is 16.7. The van der Waals surface area contributed by atoms with Crippen molar-refractivity contribution in [2.45, 2.75) is 51.3 Å². The molecule has 4 rings (SSSR count). The predicted molar refractivity (Wildman–Crippen MR) is 105 cm³/mol. The molecule has 8 nitrogen and oxygen atoms in total. The van der Waals surface area contributed by atoms with Gasteiger partial charge in [-0.25, -0.2) is 0 Å². The number of carbonyl (C=O) groups is 2. The van der Waals surface area contributed by atoms with Crippen LogP contribution in [0.3, 0.4) is 0 Å². The minimum absolute atomic E-state index is 0.0800. The lowest BCUT2D eigenvalue weighted by atomic mass is 9.82. The first-order valence-corrected chi connectivity index (χ1v) is 9.97. The molecular formula is C22H24O8. The van der Waals surface area contributed by atoms with Gasteiger partial charge in [-0.1, -0.05) is 13.3 Å². The van der Waals surface area contributed by atoms with Crippen LogP contribution in [0.4, 0.5) is 0 Å². The first-order valence-electron chi connectivity index (χ1n) is 9.97. The third-order valence-corrected chi connectivity index (χ3v) is 5.55. The Morgan fingerprint density at radius 1 is 1.23 bits per heavy atom. The molecule has 0 radical (unpaired) electrons. The Kier molecular flexibility index (Phi) is 5.50. The number of aliphatic hydroxyl groups is 2. The number of phenols is 1. The van der Waals surface area contributed by atoms with E-state index in [9.17, 15) is 24.9 Å². The van der Waals surface area contributed by atoms with Crippen molar-refractivity contribution in [1.82, 2.24) is 0 Å². The van der Waals surface area contributed by atoms with Crippen LogP contribution in [0.5, 0.6) is 5.75 Å². The van der Waals surface area contributed by atoms with Crippen molar-refractivity contribution >= 4 is 17.6 Å². The number of rotatable bonds is 4. The monoisotopic (exact) mass is 416 g/mol. The standard InChI is InChI=1S/C22H24O8/c1-3-4-16-18-11(5-10(2)29-16)6-12-14(24)7-13(20(26)19(12)21(18)27)22-28-9-15(25)17(8-23)30-22/h5-7,15-17,22-23,25,27H,3-4,8-9H2,1-2H3/t15-,16-,17+,22-/m1/s1. The van der Waals surface area contributed by atoms with Crippen molar-refractivity contribution in [2.24, 2.45) is 0 Å². The van der Waals surface area contributed by atoms with E-state index in [1.54, 1.807) is 19.1 Å². The van der Waals surface area contributed by atoms with Crippen LogP contribution in [-0.4, -0.2) is 58.6 Å². The minimum Gasteiger partial charge on any atom is -0.507 e. The summed E-state index contributed by atoms with van der Waals surface area (Å²) >= 11 is 0. The molecule has 160 valence electrons. The zero-order valence-electron chi connectivity index (χ0n) is 16.8. The summed E-state index contributed by atoms with van der Waals surface area (Å²) in [5.41, 5.74) is 1.06. The van der Waals surface area contributed by atoms with Crippen LogP contribution >= 0.6 is 0 Å². The van der Waals surface area contributed by atoms with Crippen LogP contribution in [0.15, 0.2) is 23.5 Å². The molecule has 1 fully saturated rings. The van der Waals surface area contributed by atoms with Gasteiger partial charge >= 0.3 is 0 Å². The fourth-order valence-electron chi connectivity index (χ4n) is 4.10. The molecule has 1 saturated heterocycles. The fourth-order valence-corrected chi connectivity index (χ4v) is 4.10. The highest BCUT2D eigenvalue weighted by Crippen LogP contribution is 2.44. The topological polar surface area (TPSA) is 123 Å². The van der Waals surface area contributed by atoms with Gasteiger partial charge in [-0.2, -0.15) is 0 Å². The summed E-state index contributed by atoms with van der Waals surface area (Å²) in [5.74, 6) is -0.655. The Balaban J connectivity index is 1.77. The van der Waals surface area contributed by atoms with Gasteiger partial charge in [-0.05, 0) is 37.1 Å². The van der Waals surface area contributed by atoms with Gasteiger partial charge in [0.2, 0.25) is 0 Å². The van der Waals surface area contributed by atoms with Gasteiger partial charge in [0.15, 0.2) is 17.9 Å². The molecule has 2 aliphatic heterocycles. The minimum atomic E-state index is -1.23. The lowest BCUT2D eigenvalue weighted by Gasteiger charge is -2.35. The average molecular weight is 416 g/mol. The van der Waals surface area contributed by atoms with Crippen molar-refractivity contribution in [2.75, 3.05) is 13.2 Å². The highest BCUT2D eigenvalue weighted by atomic mass is 16.7. The number of allylic oxidation sites excluding steroid dienone is 2. The van der Waals surface area contributed by atoms with Crippen LogP contribution in [0.25, 0.3) is 6.08 Å². The van der Waals surface area contributed by atoms with E-state index in [1.165, 1.54) is 0 Å². The summed E-state index contributed by atoms with van der Waals surface area (Å²) in [6.45, 7) is 3.17. The number of aliphatic hydroxyl groups excluding tert-OH is 2. The van der Waals surface area contributed by atoms with E-state index in [1.807, 2.05) is 6.92 Å². The third-order valence-electron chi connectivity index (χ3n) is 5.55. The first kappa shape index (κ1) is 20.7. The van der Waals surface area contributed by atoms with E-state index >= 15 is 0 Å². The average Bonchev–Trinajstić information content (AvgIpc) is 2.70. The molecule has 4 atom stereocenters. The van der Waals surface area contributed by atoms with E-state index in [-0.39, 0.29) is 29.1 Å². The SMILES string of the molecule is CCC[C@H]1OC(C)=Cc2cc3c(c(O)c21)C(=O)C([C@@H]1OC[C@@H](O)[C@H](CO)O1)=CC3=O. The number of phenolic OH excluding ortho intramolecular Hbond substituents is 1. The molecule has 2 heterocycles. The maximum Gasteiger partial charge on any atom is 0.198 e. The Labute approximate surface area is 173 Å². The molecule has 0 spiro atoms.